The van der Waals surface area contributed by atoms with Crippen LogP contribution in [0.3, 0.4) is 0 Å². The molecule has 0 aromatic heterocycles. The predicted octanol–water partition coefficient (Wildman–Crippen LogP) is 3.27. The zero-order valence-electron chi connectivity index (χ0n) is 10.2. The van der Waals surface area contributed by atoms with Crippen LogP contribution in [0.25, 0.3) is 0 Å². The second-order valence-corrected chi connectivity index (χ2v) is 4.16. The molecule has 0 aliphatic heterocycles. The van der Waals surface area contributed by atoms with Gasteiger partial charge in [0.05, 0.1) is 7.11 Å². The molecule has 0 bridgehead atoms. The molecule has 2 atom stereocenters. The normalized spacial score (nSPS) is 14.6. The number of nitrogens with two attached hydrogens (primary N) is 1. The molecule has 0 amide bonds. The molecule has 0 spiro atoms. The molecule has 0 saturated carbocycles. The first-order valence-electron chi connectivity index (χ1n) is 5.69. The Labute approximate surface area is 96.6 Å². The van der Waals surface area contributed by atoms with E-state index in [1.54, 1.807) is 18.2 Å². The van der Waals surface area contributed by atoms with Crippen LogP contribution in [0.5, 0.6) is 5.75 Å². The lowest BCUT2D eigenvalue weighted by molar-refractivity contribution is 0.372. The molecule has 3 heteroatoms. The third-order valence-electron chi connectivity index (χ3n) is 2.93. The highest BCUT2D eigenvalue weighted by atomic mass is 19.1. The van der Waals surface area contributed by atoms with Gasteiger partial charge in [0.2, 0.25) is 0 Å². The van der Waals surface area contributed by atoms with Gasteiger partial charge in [-0.15, -0.1) is 0 Å². The average Bonchev–Trinajstić information content (AvgIpc) is 2.29. The van der Waals surface area contributed by atoms with E-state index in [4.69, 9.17) is 10.5 Å². The number of hydrogen-bond acceptors (Lipinski definition) is 2. The highest BCUT2D eigenvalue weighted by Crippen LogP contribution is 2.29. The van der Waals surface area contributed by atoms with E-state index in [0.717, 1.165) is 12.8 Å². The number of rotatable bonds is 5. The molecule has 2 nitrogen and oxygen atoms in total. The van der Waals surface area contributed by atoms with Crippen molar-refractivity contribution in [3.05, 3.63) is 29.6 Å². The SMILES string of the molecule is CCCC(C)C(N)c1cccc(OC)c1F. The van der Waals surface area contributed by atoms with Gasteiger partial charge in [-0.1, -0.05) is 32.4 Å². The zero-order chi connectivity index (χ0) is 12.1. The Kier molecular flexibility index (Phi) is 4.74. The summed E-state index contributed by atoms with van der Waals surface area (Å²) >= 11 is 0. The Balaban J connectivity index is 2.94. The molecular weight excluding hydrogens is 205 g/mol. The zero-order valence-corrected chi connectivity index (χ0v) is 10.2. The fraction of sp³-hybridized carbons (Fsp3) is 0.538. The maximum absolute atomic E-state index is 13.9. The quantitative estimate of drug-likeness (QED) is 0.834. The summed E-state index contributed by atoms with van der Waals surface area (Å²) in [6.07, 6.45) is 2.05. The van der Waals surface area contributed by atoms with Gasteiger partial charge in [-0.2, -0.15) is 0 Å². The van der Waals surface area contributed by atoms with Crippen LogP contribution in [0, 0.1) is 11.7 Å². The topological polar surface area (TPSA) is 35.2 Å². The highest BCUT2D eigenvalue weighted by Gasteiger charge is 2.19. The molecule has 0 radical (unpaired) electrons. The number of benzene rings is 1. The van der Waals surface area contributed by atoms with Crippen molar-refractivity contribution in [3.8, 4) is 5.75 Å². The van der Waals surface area contributed by atoms with Gasteiger partial charge in [0.1, 0.15) is 0 Å². The molecule has 0 saturated heterocycles. The van der Waals surface area contributed by atoms with Gasteiger partial charge < -0.3 is 10.5 Å². The Hall–Kier alpha value is -1.09. The third-order valence-corrected chi connectivity index (χ3v) is 2.93. The van der Waals surface area contributed by atoms with E-state index >= 15 is 0 Å². The minimum atomic E-state index is -0.333. The van der Waals surface area contributed by atoms with Crippen molar-refractivity contribution in [2.75, 3.05) is 7.11 Å². The fourth-order valence-electron chi connectivity index (χ4n) is 1.88. The average molecular weight is 225 g/mol. The monoisotopic (exact) mass is 225 g/mol. The molecule has 0 aliphatic rings. The largest absolute Gasteiger partial charge is 0.494 e. The van der Waals surface area contributed by atoms with Crippen molar-refractivity contribution < 1.29 is 9.13 Å². The van der Waals surface area contributed by atoms with E-state index in [0.29, 0.717) is 5.56 Å². The molecule has 0 heterocycles. The summed E-state index contributed by atoms with van der Waals surface area (Å²) in [5, 5.41) is 0. The number of ether oxygens (including phenoxy) is 1. The third kappa shape index (κ3) is 2.73. The summed E-state index contributed by atoms with van der Waals surface area (Å²) < 4.78 is 18.9. The second kappa shape index (κ2) is 5.85. The summed E-state index contributed by atoms with van der Waals surface area (Å²) in [5.74, 6) is 0.198. The van der Waals surface area contributed by atoms with E-state index in [1.165, 1.54) is 7.11 Å². The van der Waals surface area contributed by atoms with Gasteiger partial charge >= 0.3 is 0 Å². The Morgan fingerprint density at radius 3 is 2.69 bits per heavy atom. The summed E-state index contributed by atoms with van der Waals surface area (Å²) in [6, 6.07) is 4.84. The minimum absolute atomic E-state index is 0.261. The van der Waals surface area contributed by atoms with E-state index in [-0.39, 0.29) is 23.5 Å². The van der Waals surface area contributed by atoms with Crippen molar-refractivity contribution in [1.82, 2.24) is 0 Å². The van der Waals surface area contributed by atoms with Crippen molar-refractivity contribution in [1.29, 1.82) is 0 Å². The van der Waals surface area contributed by atoms with Crippen molar-refractivity contribution in [3.63, 3.8) is 0 Å². The van der Waals surface area contributed by atoms with Crippen LogP contribution in [-0.2, 0) is 0 Å². The van der Waals surface area contributed by atoms with E-state index in [9.17, 15) is 4.39 Å². The molecule has 1 rings (SSSR count). The lowest BCUT2D eigenvalue weighted by Crippen LogP contribution is -2.20. The van der Waals surface area contributed by atoms with E-state index < -0.39 is 0 Å². The van der Waals surface area contributed by atoms with Gasteiger partial charge in [0.15, 0.2) is 11.6 Å². The molecule has 1 aromatic rings. The molecular formula is C13H20FNO. The van der Waals surface area contributed by atoms with Crippen LogP contribution in [-0.4, -0.2) is 7.11 Å². The Morgan fingerprint density at radius 2 is 2.12 bits per heavy atom. The van der Waals surface area contributed by atoms with Crippen LogP contribution in [0.15, 0.2) is 18.2 Å². The molecule has 0 fully saturated rings. The minimum Gasteiger partial charge on any atom is -0.494 e. The molecule has 16 heavy (non-hydrogen) atoms. The van der Waals surface area contributed by atoms with Gasteiger partial charge in [-0.3, -0.25) is 0 Å². The highest BCUT2D eigenvalue weighted by molar-refractivity contribution is 5.33. The van der Waals surface area contributed by atoms with Crippen LogP contribution in [0.4, 0.5) is 4.39 Å². The summed E-state index contributed by atoms with van der Waals surface area (Å²) in [4.78, 5) is 0. The smallest absolute Gasteiger partial charge is 0.169 e. The predicted molar refractivity (Wildman–Crippen MR) is 64.0 cm³/mol. The lowest BCUT2D eigenvalue weighted by atomic mass is 9.91. The van der Waals surface area contributed by atoms with E-state index in [2.05, 4.69) is 6.92 Å². The first-order chi connectivity index (χ1) is 7.61. The molecule has 2 N–H and O–H groups in total. The van der Waals surface area contributed by atoms with Crippen LogP contribution in [0.2, 0.25) is 0 Å². The van der Waals surface area contributed by atoms with Crippen molar-refractivity contribution in [2.24, 2.45) is 11.7 Å². The van der Waals surface area contributed by atoms with E-state index in [1.807, 2.05) is 6.92 Å². The second-order valence-electron chi connectivity index (χ2n) is 4.16. The van der Waals surface area contributed by atoms with Gasteiger partial charge in [0.25, 0.3) is 0 Å². The molecule has 0 aliphatic carbocycles. The van der Waals surface area contributed by atoms with Crippen molar-refractivity contribution in [2.45, 2.75) is 32.7 Å². The van der Waals surface area contributed by atoms with Crippen LogP contribution >= 0.6 is 0 Å². The standard InChI is InChI=1S/C13H20FNO/c1-4-6-9(2)13(15)10-7-5-8-11(16-3)12(10)14/h5,7-9,13H,4,6,15H2,1-3H3. The number of methoxy groups -OCH3 is 1. The number of halogens is 1. The maximum Gasteiger partial charge on any atom is 0.169 e. The van der Waals surface area contributed by atoms with Gasteiger partial charge in [0, 0.05) is 11.6 Å². The number of hydrogen-bond donors (Lipinski definition) is 1. The summed E-state index contributed by atoms with van der Waals surface area (Å²) in [7, 11) is 1.46. The van der Waals surface area contributed by atoms with Crippen molar-refractivity contribution >= 4 is 0 Å². The van der Waals surface area contributed by atoms with Crippen LogP contribution in [0.1, 0.15) is 38.3 Å². The molecule has 2 unspecified atom stereocenters. The lowest BCUT2D eigenvalue weighted by Gasteiger charge is -2.20. The maximum atomic E-state index is 13.9. The molecule has 1 aromatic carbocycles. The Morgan fingerprint density at radius 1 is 1.44 bits per heavy atom. The first kappa shape index (κ1) is 13.0. The van der Waals surface area contributed by atoms with Gasteiger partial charge in [-0.05, 0) is 18.4 Å². The summed E-state index contributed by atoms with van der Waals surface area (Å²) in [6.45, 7) is 4.15. The van der Waals surface area contributed by atoms with Gasteiger partial charge in [-0.25, -0.2) is 4.39 Å². The van der Waals surface area contributed by atoms with Crippen LogP contribution < -0.4 is 10.5 Å². The molecule has 90 valence electrons. The summed E-state index contributed by atoms with van der Waals surface area (Å²) in [5.41, 5.74) is 6.60. The fourth-order valence-corrected chi connectivity index (χ4v) is 1.88. The first-order valence-corrected chi connectivity index (χ1v) is 5.69. The Bertz CT molecular complexity index is 341.